The van der Waals surface area contributed by atoms with E-state index in [-0.39, 0.29) is 0 Å². The molecule has 5 heteroatoms. The van der Waals surface area contributed by atoms with Gasteiger partial charge in [0.2, 0.25) is 5.91 Å². The first kappa shape index (κ1) is 12.8. The maximum Gasteiger partial charge on any atom is 0.236 e. The number of likely N-dealkylation sites (N-methyl/N-ethyl adjacent to an activating group) is 1. The summed E-state index contributed by atoms with van der Waals surface area (Å²) in [5, 5.41) is 3.35. The van der Waals surface area contributed by atoms with Gasteiger partial charge in [0.15, 0.2) is 0 Å². The van der Waals surface area contributed by atoms with Crippen LogP contribution in [0.2, 0.25) is 0 Å². The topological polar surface area (TPSA) is 38.8 Å². The van der Waals surface area contributed by atoms with Gasteiger partial charge in [-0.25, -0.2) is 0 Å². The van der Waals surface area contributed by atoms with Crippen LogP contribution in [0.4, 0.5) is 0 Å². The first-order valence-electron chi connectivity index (χ1n) is 6.65. The van der Waals surface area contributed by atoms with Crippen LogP contribution in [0.3, 0.4) is 0 Å². The molecule has 0 aliphatic carbocycles. The lowest BCUT2D eigenvalue weighted by Crippen LogP contribution is -2.49. The summed E-state index contributed by atoms with van der Waals surface area (Å²) in [4.78, 5) is 18.3. The molecule has 1 amide bonds. The minimum Gasteiger partial charge on any atom is -0.341 e. The van der Waals surface area contributed by atoms with Gasteiger partial charge in [-0.3, -0.25) is 14.6 Å². The molecule has 2 aliphatic heterocycles. The number of piperazine rings is 1. The van der Waals surface area contributed by atoms with Gasteiger partial charge in [0, 0.05) is 52.4 Å². The molecule has 2 aliphatic rings. The van der Waals surface area contributed by atoms with Crippen molar-refractivity contribution in [3.8, 4) is 0 Å². The van der Waals surface area contributed by atoms with E-state index in [0.717, 1.165) is 52.4 Å². The molecule has 2 saturated heterocycles. The van der Waals surface area contributed by atoms with Gasteiger partial charge in [0.1, 0.15) is 0 Å². The van der Waals surface area contributed by atoms with E-state index in [9.17, 15) is 4.79 Å². The Labute approximate surface area is 104 Å². The Morgan fingerprint density at radius 3 is 2.53 bits per heavy atom. The summed E-state index contributed by atoms with van der Waals surface area (Å²) in [6.45, 7) is 9.01. The smallest absolute Gasteiger partial charge is 0.236 e. The lowest BCUT2D eigenvalue weighted by Gasteiger charge is -2.33. The van der Waals surface area contributed by atoms with E-state index in [2.05, 4.69) is 15.1 Å². The molecule has 5 nitrogen and oxygen atoms in total. The first-order chi connectivity index (χ1) is 8.25. The number of rotatable bonds is 5. The van der Waals surface area contributed by atoms with Crippen molar-refractivity contribution in [2.24, 2.45) is 0 Å². The predicted octanol–water partition coefficient (Wildman–Crippen LogP) is -0.944. The van der Waals surface area contributed by atoms with Crippen molar-refractivity contribution in [2.45, 2.75) is 6.42 Å². The molecule has 2 rings (SSSR count). The molecule has 17 heavy (non-hydrogen) atoms. The highest BCUT2D eigenvalue weighted by Crippen LogP contribution is 2.06. The fraction of sp³-hybridized carbons (Fsp3) is 0.917. The van der Waals surface area contributed by atoms with E-state index < -0.39 is 0 Å². The monoisotopic (exact) mass is 240 g/mol. The third-order valence-corrected chi connectivity index (χ3v) is 3.62. The number of hydrogen-bond acceptors (Lipinski definition) is 4. The van der Waals surface area contributed by atoms with Crippen LogP contribution in [0, 0.1) is 0 Å². The van der Waals surface area contributed by atoms with Gasteiger partial charge in [-0.2, -0.15) is 0 Å². The summed E-state index contributed by atoms with van der Waals surface area (Å²) in [5.74, 6) is 0.291. The fourth-order valence-corrected chi connectivity index (χ4v) is 2.22. The molecule has 0 atom stereocenters. The van der Waals surface area contributed by atoms with Crippen LogP contribution in [0.1, 0.15) is 6.42 Å². The average molecular weight is 240 g/mol. The van der Waals surface area contributed by atoms with E-state index in [1.807, 2.05) is 11.9 Å². The van der Waals surface area contributed by atoms with Crippen molar-refractivity contribution in [3.63, 3.8) is 0 Å². The molecule has 0 unspecified atom stereocenters. The van der Waals surface area contributed by atoms with Crippen molar-refractivity contribution in [1.82, 2.24) is 20.0 Å². The molecule has 0 bridgehead atoms. The zero-order chi connectivity index (χ0) is 12.1. The minimum atomic E-state index is 0.291. The number of nitrogens with one attached hydrogen (secondary N) is 1. The lowest BCUT2D eigenvalue weighted by atomic mass is 10.2. The number of nitrogens with zero attached hydrogens (tertiary/aromatic N) is 3. The summed E-state index contributed by atoms with van der Waals surface area (Å²) in [5.41, 5.74) is 0. The van der Waals surface area contributed by atoms with Gasteiger partial charge >= 0.3 is 0 Å². The number of hydrogen-bond donors (Lipinski definition) is 1. The van der Waals surface area contributed by atoms with Crippen molar-refractivity contribution in [2.75, 3.05) is 66.0 Å². The minimum absolute atomic E-state index is 0.291. The van der Waals surface area contributed by atoms with E-state index in [4.69, 9.17) is 0 Å². The van der Waals surface area contributed by atoms with Gasteiger partial charge in [-0.1, -0.05) is 0 Å². The highest BCUT2D eigenvalue weighted by atomic mass is 16.2. The molecular formula is C12H24N4O. The Morgan fingerprint density at radius 1 is 1.24 bits per heavy atom. The van der Waals surface area contributed by atoms with Crippen LogP contribution in [0.5, 0.6) is 0 Å². The second-order valence-electron chi connectivity index (χ2n) is 5.06. The molecule has 1 N–H and O–H groups in total. The maximum absolute atomic E-state index is 11.7. The van der Waals surface area contributed by atoms with E-state index in [1.165, 1.54) is 6.42 Å². The highest BCUT2D eigenvalue weighted by molar-refractivity contribution is 5.78. The summed E-state index contributed by atoms with van der Waals surface area (Å²) in [6, 6.07) is 0. The second kappa shape index (κ2) is 6.33. The zero-order valence-corrected chi connectivity index (χ0v) is 10.8. The molecule has 98 valence electrons. The molecule has 2 fully saturated rings. The van der Waals surface area contributed by atoms with Gasteiger partial charge in [0.05, 0.1) is 6.54 Å². The van der Waals surface area contributed by atoms with Crippen LogP contribution in [0.25, 0.3) is 0 Å². The van der Waals surface area contributed by atoms with Gasteiger partial charge < -0.3 is 10.2 Å². The Bertz CT molecular complexity index is 249. The van der Waals surface area contributed by atoms with Gasteiger partial charge in [-0.15, -0.1) is 0 Å². The second-order valence-corrected chi connectivity index (χ2v) is 5.06. The molecular weight excluding hydrogens is 216 g/mol. The third-order valence-electron chi connectivity index (χ3n) is 3.62. The zero-order valence-electron chi connectivity index (χ0n) is 10.8. The lowest BCUT2D eigenvalue weighted by molar-refractivity contribution is -0.135. The first-order valence-corrected chi connectivity index (χ1v) is 6.65. The van der Waals surface area contributed by atoms with Crippen LogP contribution < -0.4 is 5.32 Å². The Kier molecular flexibility index (Phi) is 4.76. The quantitative estimate of drug-likeness (QED) is 0.673. The largest absolute Gasteiger partial charge is 0.341 e. The molecule has 0 aromatic rings. The number of carbonyl (C=O) groups excluding carboxylic acids is 1. The molecule has 2 heterocycles. The summed E-state index contributed by atoms with van der Waals surface area (Å²) in [7, 11) is 2.04. The average Bonchev–Trinajstić information content (AvgIpc) is 2.25. The predicted molar refractivity (Wildman–Crippen MR) is 68.0 cm³/mol. The summed E-state index contributed by atoms with van der Waals surface area (Å²) in [6.07, 6.45) is 1.18. The summed E-state index contributed by atoms with van der Waals surface area (Å²) >= 11 is 0. The van der Waals surface area contributed by atoms with Crippen LogP contribution in [-0.4, -0.2) is 86.6 Å². The van der Waals surface area contributed by atoms with Crippen LogP contribution in [-0.2, 0) is 4.79 Å². The normalized spacial score (nSPS) is 21.6. The van der Waals surface area contributed by atoms with Crippen LogP contribution >= 0.6 is 0 Å². The third kappa shape index (κ3) is 3.94. The molecule has 0 spiro atoms. The SMILES string of the molecule is CN(CCN1CCNCC1)CC(=O)N1CCC1. The highest BCUT2D eigenvalue weighted by Gasteiger charge is 2.21. The van der Waals surface area contributed by atoms with E-state index in [0.29, 0.717) is 12.5 Å². The maximum atomic E-state index is 11.7. The van der Waals surface area contributed by atoms with Crippen LogP contribution in [0.15, 0.2) is 0 Å². The van der Waals surface area contributed by atoms with E-state index in [1.54, 1.807) is 0 Å². The van der Waals surface area contributed by atoms with Gasteiger partial charge in [-0.05, 0) is 13.5 Å². The number of likely N-dealkylation sites (tertiary alicyclic amines) is 1. The Hall–Kier alpha value is -0.650. The Morgan fingerprint density at radius 2 is 1.94 bits per heavy atom. The van der Waals surface area contributed by atoms with Crippen molar-refractivity contribution >= 4 is 5.91 Å². The number of carbonyl (C=O) groups is 1. The fourth-order valence-electron chi connectivity index (χ4n) is 2.22. The molecule has 0 saturated carbocycles. The standard InChI is InChI=1S/C12H24N4O/c1-14(11-12(17)16-5-2-6-16)9-10-15-7-3-13-4-8-15/h13H,2-11H2,1H3. The van der Waals surface area contributed by atoms with Crippen molar-refractivity contribution in [1.29, 1.82) is 0 Å². The van der Waals surface area contributed by atoms with Crippen molar-refractivity contribution < 1.29 is 4.79 Å². The van der Waals surface area contributed by atoms with Gasteiger partial charge in [0.25, 0.3) is 0 Å². The van der Waals surface area contributed by atoms with E-state index >= 15 is 0 Å². The molecule has 0 aromatic carbocycles. The molecule has 0 radical (unpaired) electrons. The number of amides is 1. The van der Waals surface area contributed by atoms with Crippen molar-refractivity contribution in [3.05, 3.63) is 0 Å². The summed E-state index contributed by atoms with van der Waals surface area (Å²) < 4.78 is 0. The Balaban J connectivity index is 1.59. The molecule has 0 aromatic heterocycles.